The highest BCUT2D eigenvalue weighted by molar-refractivity contribution is 5.67. The van der Waals surface area contributed by atoms with E-state index in [-0.39, 0.29) is 12.7 Å². The van der Waals surface area contributed by atoms with Crippen LogP contribution in [0, 0.1) is 0 Å². The van der Waals surface area contributed by atoms with Gasteiger partial charge in [0.15, 0.2) is 0 Å². The fraction of sp³-hybridized carbons (Fsp3) is 0.727. The predicted octanol–water partition coefficient (Wildman–Crippen LogP) is 2.21. The Morgan fingerprint density at radius 1 is 1.33 bits per heavy atom. The first kappa shape index (κ1) is 11.9. The Hall–Kier alpha value is -1.19. The standard InChI is InChI=1S/C11H19NO3/c1-2-14-8-9-15-11(13)12-10-6-4-3-5-7-10/h2,10H,1,3-9H2,(H,12,13). The fourth-order valence-corrected chi connectivity index (χ4v) is 1.72. The molecule has 1 aliphatic rings. The molecular weight excluding hydrogens is 194 g/mol. The maximum atomic E-state index is 11.3. The maximum absolute atomic E-state index is 11.3. The highest BCUT2D eigenvalue weighted by Crippen LogP contribution is 2.17. The molecule has 0 atom stereocenters. The van der Waals surface area contributed by atoms with Crippen molar-refractivity contribution in [1.29, 1.82) is 0 Å². The van der Waals surface area contributed by atoms with Crippen molar-refractivity contribution < 1.29 is 14.3 Å². The zero-order valence-corrected chi connectivity index (χ0v) is 9.04. The molecule has 0 aliphatic heterocycles. The average molecular weight is 213 g/mol. The zero-order valence-electron chi connectivity index (χ0n) is 9.04. The smallest absolute Gasteiger partial charge is 0.407 e. The maximum Gasteiger partial charge on any atom is 0.407 e. The van der Waals surface area contributed by atoms with Gasteiger partial charge in [-0.25, -0.2) is 4.79 Å². The number of carbonyl (C=O) groups excluding carboxylic acids is 1. The topological polar surface area (TPSA) is 47.6 Å². The second-order valence-electron chi connectivity index (χ2n) is 3.65. The van der Waals surface area contributed by atoms with Crippen molar-refractivity contribution in [3.63, 3.8) is 0 Å². The summed E-state index contributed by atoms with van der Waals surface area (Å²) >= 11 is 0. The van der Waals surface area contributed by atoms with Crippen LogP contribution in [0.1, 0.15) is 32.1 Å². The lowest BCUT2D eigenvalue weighted by Gasteiger charge is -2.22. The van der Waals surface area contributed by atoms with Gasteiger partial charge in [0, 0.05) is 6.04 Å². The molecule has 86 valence electrons. The molecule has 0 bridgehead atoms. The summed E-state index contributed by atoms with van der Waals surface area (Å²) < 4.78 is 9.76. The second kappa shape index (κ2) is 7.15. The Balaban J connectivity index is 2.04. The van der Waals surface area contributed by atoms with E-state index >= 15 is 0 Å². The number of alkyl carbamates (subject to hydrolysis) is 1. The second-order valence-corrected chi connectivity index (χ2v) is 3.65. The van der Waals surface area contributed by atoms with Gasteiger partial charge in [-0.05, 0) is 12.8 Å². The van der Waals surface area contributed by atoms with E-state index in [4.69, 9.17) is 9.47 Å². The molecule has 1 saturated carbocycles. The third kappa shape index (κ3) is 5.30. The molecule has 0 spiro atoms. The van der Waals surface area contributed by atoms with Crippen molar-refractivity contribution in [2.24, 2.45) is 0 Å². The molecule has 1 N–H and O–H groups in total. The number of nitrogens with one attached hydrogen (secondary N) is 1. The van der Waals surface area contributed by atoms with Crippen LogP contribution >= 0.6 is 0 Å². The minimum absolute atomic E-state index is 0.268. The minimum atomic E-state index is -0.338. The SMILES string of the molecule is C=COCCOC(=O)NC1CCCCC1. The minimum Gasteiger partial charge on any atom is -0.498 e. The largest absolute Gasteiger partial charge is 0.498 e. The van der Waals surface area contributed by atoms with E-state index in [9.17, 15) is 4.79 Å². The molecule has 0 aromatic rings. The number of amides is 1. The Kier molecular flexibility index (Phi) is 5.66. The van der Waals surface area contributed by atoms with E-state index in [2.05, 4.69) is 11.9 Å². The predicted molar refractivity (Wildman–Crippen MR) is 57.5 cm³/mol. The summed E-state index contributed by atoms with van der Waals surface area (Å²) in [7, 11) is 0. The van der Waals surface area contributed by atoms with Crippen molar-refractivity contribution in [3.05, 3.63) is 12.8 Å². The fourth-order valence-electron chi connectivity index (χ4n) is 1.72. The first-order valence-corrected chi connectivity index (χ1v) is 5.48. The van der Waals surface area contributed by atoms with Crippen LogP contribution in [-0.4, -0.2) is 25.3 Å². The number of rotatable bonds is 5. The molecule has 15 heavy (non-hydrogen) atoms. The first-order valence-electron chi connectivity index (χ1n) is 5.48. The van der Waals surface area contributed by atoms with Crippen LogP contribution in [0.2, 0.25) is 0 Å². The molecule has 1 aliphatic carbocycles. The Labute approximate surface area is 90.6 Å². The third-order valence-corrected chi connectivity index (χ3v) is 2.48. The van der Waals surface area contributed by atoms with Gasteiger partial charge < -0.3 is 14.8 Å². The number of carbonyl (C=O) groups is 1. The summed E-state index contributed by atoms with van der Waals surface area (Å²) in [4.78, 5) is 11.3. The molecular formula is C11H19NO3. The van der Waals surface area contributed by atoms with Crippen molar-refractivity contribution in [1.82, 2.24) is 5.32 Å². The normalized spacial score (nSPS) is 16.8. The summed E-state index contributed by atoms with van der Waals surface area (Å²) in [5.41, 5.74) is 0. The lowest BCUT2D eigenvalue weighted by Crippen LogP contribution is -2.36. The van der Waals surface area contributed by atoms with Gasteiger partial charge in [-0.1, -0.05) is 25.8 Å². The molecule has 0 heterocycles. The van der Waals surface area contributed by atoms with Crippen LogP contribution in [-0.2, 0) is 9.47 Å². The van der Waals surface area contributed by atoms with Crippen LogP contribution in [0.15, 0.2) is 12.8 Å². The van der Waals surface area contributed by atoms with Gasteiger partial charge in [0.1, 0.15) is 13.2 Å². The van der Waals surface area contributed by atoms with Crippen molar-refractivity contribution in [3.8, 4) is 0 Å². The van der Waals surface area contributed by atoms with Crippen LogP contribution in [0.4, 0.5) is 4.79 Å². The van der Waals surface area contributed by atoms with Gasteiger partial charge in [0.25, 0.3) is 0 Å². The van der Waals surface area contributed by atoms with Gasteiger partial charge in [-0.15, -0.1) is 0 Å². The molecule has 0 aromatic heterocycles. The molecule has 0 saturated heterocycles. The summed E-state index contributed by atoms with van der Waals surface area (Å²) in [6, 6.07) is 0.298. The van der Waals surface area contributed by atoms with Gasteiger partial charge in [0.05, 0.1) is 6.26 Å². The third-order valence-electron chi connectivity index (χ3n) is 2.48. The first-order chi connectivity index (χ1) is 7.33. The summed E-state index contributed by atoms with van der Waals surface area (Å²) in [5.74, 6) is 0. The van der Waals surface area contributed by atoms with Crippen LogP contribution in [0.3, 0.4) is 0 Å². The molecule has 4 heteroatoms. The van der Waals surface area contributed by atoms with Crippen molar-refractivity contribution in [2.45, 2.75) is 38.1 Å². The molecule has 1 fully saturated rings. The summed E-state index contributed by atoms with van der Waals surface area (Å²) in [5, 5.41) is 2.85. The van der Waals surface area contributed by atoms with Crippen molar-refractivity contribution >= 4 is 6.09 Å². The monoisotopic (exact) mass is 213 g/mol. The quantitative estimate of drug-likeness (QED) is 0.562. The molecule has 0 radical (unpaired) electrons. The summed E-state index contributed by atoms with van der Waals surface area (Å²) in [6.45, 7) is 4.02. The van der Waals surface area contributed by atoms with Crippen LogP contribution in [0.25, 0.3) is 0 Å². The Bertz CT molecular complexity index is 200. The van der Waals surface area contributed by atoms with Crippen molar-refractivity contribution in [2.75, 3.05) is 13.2 Å². The average Bonchev–Trinajstić information content (AvgIpc) is 2.26. The van der Waals surface area contributed by atoms with Gasteiger partial charge in [-0.2, -0.15) is 0 Å². The van der Waals surface area contributed by atoms with Crippen LogP contribution in [0.5, 0.6) is 0 Å². The number of hydrogen-bond donors (Lipinski definition) is 1. The van der Waals surface area contributed by atoms with Crippen LogP contribution < -0.4 is 5.32 Å². The van der Waals surface area contributed by atoms with Gasteiger partial charge in [-0.3, -0.25) is 0 Å². The van der Waals surface area contributed by atoms with E-state index in [0.717, 1.165) is 12.8 Å². The van der Waals surface area contributed by atoms with E-state index in [0.29, 0.717) is 12.6 Å². The summed E-state index contributed by atoms with van der Waals surface area (Å²) in [6.07, 6.45) is 6.81. The van der Waals surface area contributed by atoms with Gasteiger partial charge >= 0.3 is 6.09 Å². The van der Waals surface area contributed by atoms with E-state index < -0.39 is 0 Å². The number of ether oxygens (including phenoxy) is 2. The Morgan fingerprint density at radius 2 is 2.07 bits per heavy atom. The van der Waals surface area contributed by atoms with E-state index in [1.165, 1.54) is 25.5 Å². The molecule has 1 amide bonds. The molecule has 4 nitrogen and oxygen atoms in total. The number of hydrogen-bond acceptors (Lipinski definition) is 3. The highest BCUT2D eigenvalue weighted by Gasteiger charge is 2.15. The molecule has 1 rings (SSSR count). The van der Waals surface area contributed by atoms with E-state index in [1.54, 1.807) is 0 Å². The zero-order chi connectivity index (χ0) is 10.9. The van der Waals surface area contributed by atoms with E-state index in [1.807, 2.05) is 0 Å². The van der Waals surface area contributed by atoms with Gasteiger partial charge in [0.2, 0.25) is 0 Å². The Morgan fingerprint density at radius 3 is 2.73 bits per heavy atom. The highest BCUT2D eigenvalue weighted by atomic mass is 16.6. The lowest BCUT2D eigenvalue weighted by molar-refractivity contribution is 0.108. The molecule has 0 aromatic carbocycles. The lowest BCUT2D eigenvalue weighted by atomic mass is 9.96. The molecule has 0 unspecified atom stereocenters.